The Morgan fingerprint density at radius 1 is 1.48 bits per heavy atom. The smallest absolute Gasteiger partial charge is 0.0939 e. The number of hydrogen-bond acceptors (Lipinski definition) is 4. The van der Waals surface area contributed by atoms with E-state index < -0.39 is 0 Å². The molecule has 4 nitrogen and oxygen atoms in total. The molecule has 0 saturated carbocycles. The molecule has 1 N–H and O–H groups in total. The molecule has 116 valence electrons. The second-order valence-electron chi connectivity index (χ2n) is 6.32. The van der Waals surface area contributed by atoms with E-state index in [1.807, 2.05) is 18.5 Å². The summed E-state index contributed by atoms with van der Waals surface area (Å²) in [5.74, 6) is 0.653. The van der Waals surface area contributed by atoms with Gasteiger partial charge in [0, 0.05) is 38.1 Å². The highest BCUT2D eigenvalue weighted by molar-refractivity contribution is 5.11. The lowest BCUT2D eigenvalue weighted by Gasteiger charge is -2.40. The van der Waals surface area contributed by atoms with Crippen LogP contribution in [0.2, 0.25) is 0 Å². The topological polar surface area (TPSA) is 43.4 Å². The van der Waals surface area contributed by atoms with E-state index in [4.69, 9.17) is 9.47 Å². The third kappa shape index (κ3) is 3.62. The quantitative estimate of drug-likeness (QED) is 0.903. The fraction of sp³-hybridized carbons (Fsp3) is 0.706. The standard InChI is InChI=1S/C17H26N2O2/c1-2-19-16(10-14-4-3-7-18-12-14)15-5-8-21-17(11-15)6-9-20-13-17/h3-4,7,12,15-16,19H,2,5-6,8-11,13H2,1H3. The summed E-state index contributed by atoms with van der Waals surface area (Å²) in [4.78, 5) is 4.24. The number of rotatable bonds is 5. The van der Waals surface area contributed by atoms with Crippen molar-refractivity contribution in [3.05, 3.63) is 30.1 Å². The Morgan fingerprint density at radius 3 is 3.14 bits per heavy atom. The van der Waals surface area contributed by atoms with Crippen molar-refractivity contribution in [1.29, 1.82) is 0 Å². The molecule has 2 aliphatic heterocycles. The first-order valence-electron chi connectivity index (χ1n) is 8.15. The molecule has 0 aromatic carbocycles. The van der Waals surface area contributed by atoms with Gasteiger partial charge in [-0.2, -0.15) is 0 Å². The molecule has 1 aromatic heterocycles. The summed E-state index contributed by atoms with van der Waals surface area (Å²) in [6, 6.07) is 4.69. The molecular formula is C17H26N2O2. The third-order valence-electron chi connectivity index (χ3n) is 4.81. The van der Waals surface area contributed by atoms with Crippen molar-refractivity contribution in [3.8, 4) is 0 Å². The molecule has 4 heteroatoms. The van der Waals surface area contributed by atoms with E-state index in [-0.39, 0.29) is 5.60 Å². The summed E-state index contributed by atoms with van der Waals surface area (Å²) < 4.78 is 11.7. The molecule has 1 spiro atoms. The van der Waals surface area contributed by atoms with Gasteiger partial charge in [-0.15, -0.1) is 0 Å². The summed E-state index contributed by atoms with van der Waals surface area (Å²) in [7, 11) is 0. The van der Waals surface area contributed by atoms with Crippen LogP contribution >= 0.6 is 0 Å². The highest BCUT2D eigenvalue weighted by atomic mass is 16.6. The van der Waals surface area contributed by atoms with Crippen LogP contribution in [-0.2, 0) is 15.9 Å². The average Bonchev–Trinajstić information content (AvgIpc) is 2.96. The summed E-state index contributed by atoms with van der Waals surface area (Å²) >= 11 is 0. The zero-order chi connectivity index (χ0) is 14.5. The Balaban J connectivity index is 1.68. The maximum absolute atomic E-state index is 6.07. The molecule has 0 amide bonds. The molecule has 21 heavy (non-hydrogen) atoms. The van der Waals surface area contributed by atoms with Gasteiger partial charge in [-0.05, 0) is 43.4 Å². The van der Waals surface area contributed by atoms with Gasteiger partial charge in [-0.3, -0.25) is 4.98 Å². The number of aromatic nitrogens is 1. The zero-order valence-corrected chi connectivity index (χ0v) is 12.9. The minimum atomic E-state index is -0.00841. The molecule has 3 unspecified atom stereocenters. The SMILES string of the molecule is CCNC(Cc1cccnc1)C1CCOC2(CCOC2)C1. The third-order valence-corrected chi connectivity index (χ3v) is 4.81. The minimum Gasteiger partial charge on any atom is -0.378 e. The minimum absolute atomic E-state index is 0.00841. The van der Waals surface area contributed by atoms with Crippen molar-refractivity contribution in [2.45, 2.75) is 44.2 Å². The van der Waals surface area contributed by atoms with Crippen LogP contribution < -0.4 is 5.32 Å². The summed E-state index contributed by atoms with van der Waals surface area (Å²) in [6.07, 6.45) is 8.17. The molecule has 3 heterocycles. The van der Waals surface area contributed by atoms with Gasteiger partial charge in [0.05, 0.1) is 12.2 Å². The predicted molar refractivity (Wildman–Crippen MR) is 82.2 cm³/mol. The van der Waals surface area contributed by atoms with E-state index in [1.165, 1.54) is 5.56 Å². The summed E-state index contributed by atoms with van der Waals surface area (Å²) in [6.45, 7) is 5.68. The molecule has 3 rings (SSSR count). The van der Waals surface area contributed by atoms with E-state index in [2.05, 4.69) is 23.3 Å². The number of nitrogens with zero attached hydrogens (tertiary/aromatic N) is 1. The molecule has 2 aliphatic rings. The molecule has 3 atom stereocenters. The van der Waals surface area contributed by atoms with Gasteiger partial charge in [0.25, 0.3) is 0 Å². The molecule has 0 aliphatic carbocycles. The monoisotopic (exact) mass is 290 g/mol. The van der Waals surface area contributed by atoms with E-state index in [0.717, 1.165) is 52.0 Å². The van der Waals surface area contributed by atoms with Crippen LogP contribution in [0, 0.1) is 5.92 Å². The lowest BCUT2D eigenvalue weighted by molar-refractivity contribution is -0.103. The van der Waals surface area contributed by atoms with Gasteiger partial charge in [0.1, 0.15) is 0 Å². The largest absolute Gasteiger partial charge is 0.378 e. The van der Waals surface area contributed by atoms with Gasteiger partial charge in [-0.1, -0.05) is 13.0 Å². The highest BCUT2D eigenvalue weighted by Gasteiger charge is 2.42. The van der Waals surface area contributed by atoms with E-state index in [9.17, 15) is 0 Å². The Hall–Kier alpha value is -0.970. The highest BCUT2D eigenvalue weighted by Crippen LogP contribution is 2.37. The number of likely N-dealkylation sites (N-methyl/N-ethyl adjacent to an activating group) is 1. The molecular weight excluding hydrogens is 264 g/mol. The second kappa shape index (κ2) is 6.86. The first kappa shape index (κ1) is 14.9. The fourth-order valence-corrected chi connectivity index (χ4v) is 3.71. The molecule has 2 saturated heterocycles. The normalized spacial score (nSPS) is 30.6. The van der Waals surface area contributed by atoms with E-state index in [0.29, 0.717) is 12.0 Å². The van der Waals surface area contributed by atoms with E-state index >= 15 is 0 Å². The lowest BCUT2D eigenvalue weighted by Crippen LogP contribution is -2.48. The lowest BCUT2D eigenvalue weighted by atomic mass is 9.79. The predicted octanol–water partition coefficient (Wildman–Crippen LogP) is 2.19. The average molecular weight is 290 g/mol. The fourth-order valence-electron chi connectivity index (χ4n) is 3.71. The van der Waals surface area contributed by atoms with Crippen molar-refractivity contribution >= 4 is 0 Å². The number of ether oxygens (including phenoxy) is 2. The van der Waals surface area contributed by atoms with Crippen LogP contribution in [-0.4, -0.2) is 43.0 Å². The Bertz CT molecular complexity index is 432. The van der Waals surface area contributed by atoms with Crippen LogP contribution in [0.1, 0.15) is 31.7 Å². The van der Waals surface area contributed by atoms with Crippen molar-refractivity contribution < 1.29 is 9.47 Å². The molecule has 2 fully saturated rings. The number of nitrogens with one attached hydrogen (secondary N) is 1. The van der Waals surface area contributed by atoms with Gasteiger partial charge in [0.2, 0.25) is 0 Å². The number of pyridine rings is 1. The summed E-state index contributed by atoms with van der Waals surface area (Å²) in [5.41, 5.74) is 1.30. The van der Waals surface area contributed by atoms with Gasteiger partial charge in [-0.25, -0.2) is 0 Å². The Labute approximate surface area is 127 Å². The van der Waals surface area contributed by atoms with Crippen LogP contribution in [0.4, 0.5) is 0 Å². The second-order valence-corrected chi connectivity index (χ2v) is 6.32. The van der Waals surface area contributed by atoms with Crippen LogP contribution in [0.3, 0.4) is 0 Å². The van der Waals surface area contributed by atoms with Crippen LogP contribution in [0.25, 0.3) is 0 Å². The maximum Gasteiger partial charge on any atom is 0.0939 e. The Morgan fingerprint density at radius 2 is 2.43 bits per heavy atom. The van der Waals surface area contributed by atoms with Gasteiger partial charge in [0.15, 0.2) is 0 Å². The van der Waals surface area contributed by atoms with Gasteiger partial charge >= 0.3 is 0 Å². The van der Waals surface area contributed by atoms with Crippen LogP contribution in [0.15, 0.2) is 24.5 Å². The Kier molecular flexibility index (Phi) is 4.88. The first-order valence-corrected chi connectivity index (χ1v) is 8.15. The zero-order valence-electron chi connectivity index (χ0n) is 12.9. The molecule has 0 bridgehead atoms. The summed E-state index contributed by atoms with van der Waals surface area (Å²) in [5, 5.41) is 3.68. The van der Waals surface area contributed by atoms with Crippen LogP contribution in [0.5, 0.6) is 0 Å². The first-order chi connectivity index (χ1) is 10.3. The maximum atomic E-state index is 6.07. The van der Waals surface area contributed by atoms with Crippen molar-refractivity contribution in [1.82, 2.24) is 10.3 Å². The van der Waals surface area contributed by atoms with E-state index in [1.54, 1.807) is 0 Å². The molecule has 0 radical (unpaired) electrons. The van der Waals surface area contributed by atoms with Crippen molar-refractivity contribution in [2.24, 2.45) is 5.92 Å². The van der Waals surface area contributed by atoms with Crippen molar-refractivity contribution in [2.75, 3.05) is 26.4 Å². The number of hydrogen-bond donors (Lipinski definition) is 1. The molecule has 1 aromatic rings. The van der Waals surface area contributed by atoms with Gasteiger partial charge < -0.3 is 14.8 Å². The van der Waals surface area contributed by atoms with Crippen molar-refractivity contribution in [3.63, 3.8) is 0 Å².